The molecular formula is C8H18N2. The van der Waals surface area contributed by atoms with Crippen LogP contribution in [0, 0.1) is 0 Å². The van der Waals surface area contributed by atoms with Gasteiger partial charge in [0, 0.05) is 12.6 Å². The molecule has 0 aliphatic carbocycles. The number of nitrogens with two attached hydrogens (primary N) is 1. The van der Waals surface area contributed by atoms with E-state index in [-0.39, 0.29) is 0 Å². The molecule has 0 aliphatic rings. The third kappa shape index (κ3) is 5.79. The first-order chi connectivity index (χ1) is 4.66. The van der Waals surface area contributed by atoms with Crippen LogP contribution in [0.3, 0.4) is 0 Å². The highest BCUT2D eigenvalue weighted by Gasteiger charge is 1.96. The number of hydrogen-bond acceptors (Lipinski definition) is 2. The van der Waals surface area contributed by atoms with Crippen molar-refractivity contribution in [2.75, 3.05) is 20.1 Å². The van der Waals surface area contributed by atoms with E-state index in [4.69, 9.17) is 5.73 Å². The van der Waals surface area contributed by atoms with E-state index in [0.717, 1.165) is 19.5 Å². The molecule has 0 radical (unpaired) electrons. The second-order valence-electron chi connectivity index (χ2n) is 2.82. The van der Waals surface area contributed by atoms with Crippen LogP contribution < -0.4 is 5.73 Å². The van der Waals surface area contributed by atoms with Gasteiger partial charge in [0.25, 0.3) is 0 Å². The second kappa shape index (κ2) is 5.45. The molecule has 0 bridgehead atoms. The van der Waals surface area contributed by atoms with Gasteiger partial charge in [-0.2, -0.15) is 0 Å². The molecule has 2 N–H and O–H groups in total. The van der Waals surface area contributed by atoms with E-state index in [9.17, 15) is 0 Å². The molecule has 0 aromatic rings. The van der Waals surface area contributed by atoms with Crippen LogP contribution in [0.1, 0.15) is 13.3 Å². The first-order valence-electron chi connectivity index (χ1n) is 3.72. The SMILES string of the molecule is C=CCN(C)CCC(C)N. The van der Waals surface area contributed by atoms with E-state index in [0.29, 0.717) is 6.04 Å². The molecule has 0 spiro atoms. The van der Waals surface area contributed by atoms with Crippen molar-refractivity contribution in [3.05, 3.63) is 12.7 Å². The van der Waals surface area contributed by atoms with Crippen LogP contribution >= 0.6 is 0 Å². The van der Waals surface area contributed by atoms with E-state index in [1.807, 2.05) is 13.0 Å². The first-order valence-corrected chi connectivity index (χ1v) is 3.72. The Balaban J connectivity index is 3.20. The molecule has 1 atom stereocenters. The minimum absolute atomic E-state index is 0.312. The quantitative estimate of drug-likeness (QED) is 0.576. The standard InChI is InChI=1S/C8H18N2/c1-4-6-10(3)7-5-8(2)9/h4,8H,1,5-7,9H2,2-3H3. The summed E-state index contributed by atoms with van der Waals surface area (Å²) < 4.78 is 0. The summed E-state index contributed by atoms with van der Waals surface area (Å²) in [5, 5.41) is 0. The average Bonchev–Trinajstić information content (AvgIpc) is 1.85. The molecule has 0 fully saturated rings. The van der Waals surface area contributed by atoms with E-state index in [1.165, 1.54) is 0 Å². The Morgan fingerprint density at radius 3 is 2.70 bits per heavy atom. The smallest absolute Gasteiger partial charge is 0.0157 e. The van der Waals surface area contributed by atoms with Gasteiger partial charge in [-0.3, -0.25) is 0 Å². The minimum Gasteiger partial charge on any atom is -0.328 e. The van der Waals surface area contributed by atoms with Gasteiger partial charge in [0.05, 0.1) is 0 Å². The Morgan fingerprint density at radius 1 is 1.70 bits per heavy atom. The van der Waals surface area contributed by atoms with E-state index in [1.54, 1.807) is 0 Å². The predicted molar refractivity (Wildman–Crippen MR) is 46.0 cm³/mol. The maximum absolute atomic E-state index is 5.58. The molecule has 60 valence electrons. The fraction of sp³-hybridized carbons (Fsp3) is 0.750. The molecule has 10 heavy (non-hydrogen) atoms. The van der Waals surface area contributed by atoms with Crippen molar-refractivity contribution >= 4 is 0 Å². The first kappa shape index (κ1) is 9.66. The third-order valence-corrected chi connectivity index (χ3v) is 1.41. The largest absolute Gasteiger partial charge is 0.328 e. The molecule has 1 unspecified atom stereocenters. The molecule has 0 amide bonds. The van der Waals surface area contributed by atoms with Crippen LogP contribution in [0.15, 0.2) is 12.7 Å². The Morgan fingerprint density at radius 2 is 2.30 bits per heavy atom. The number of nitrogens with zero attached hydrogens (tertiary/aromatic N) is 1. The van der Waals surface area contributed by atoms with Crippen molar-refractivity contribution in [3.63, 3.8) is 0 Å². The van der Waals surface area contributed by atoms with Crippen LogP contribution in [-0.4, -0.2) is 31.1 Å². The zero-order valence-electron chi connectivity index (χ0n) is 7.01. The summed E-state index contributed by atoms with van der Waals surface area (Å²) in [6.45, 7) is 7.69. The second-order valence-corrected chi connectivity index (χ2v) is 2.82. The molecule has 0 aromatic carbocycles. The fourth-order valence-corrected chi connectivity index (χ4v) is 0.736. The molecule has 0 saturated carbocycles. The van der Waals surface area contributed by atoms with Gasteiger partial charge < -0.3 is 10.6 Å². The normalized spacial score (nSPS) is 13.6. The number of rotatable bonds is 5. The van der Waals surface area contributed by atoms with Gasteiger partial charge in [0.2, 0.25) is 0 Å². The maximum atomic E-state index is 5.58. The van der Waals surface area contributed by atoms with E-state index < -0.39 is 0 Å². The van der Waals surface area contributed by atoms with Gasteiger partial charge >= 0.3 is 0 Å². The van der Waals surface area contributed by atoms with Crippen LogP contribution in [0.5, 0.6) is 0 Å². The predicted octanol–water partition coefficient (Wildman–Crippen LogP) is 0.841. The Labute approximate surface area is 63.7 Å². The van der Waals surface area contributed by atoms with Gasteiger partial charge in [-0.15, -0.1) is 6.58 Å². The Bertz CT molecular complexity index is 89.3. The summed E-state index contributed by atoms with van der Waals surface area (Å²) in [4.78, 5) is 2.20. The lowest BCUT2D eigenvalue weighted by Gasteiger charge is -2.14. The Kier molecular flexibility index (Phi) is 5.26. The zero-order valence-corrected chi connectivity index (χ0v) is 7.01. The molecule has 0 saturated heterocycles. The van der Waals surface area contributed by atoms with Gasteiger partial charge in [-0.25, -0.2) is 0 Å². The topological polar surface area (TPSA) is 29.3 Å². The van der Waals surface area contributed by atoms with Crippen LogP contribution in [0.2, 0.25) is 0 Å². The third-order valence-electron chi connectivity index (χ3n) is 1.41. The van der Waals surface area contributed by atoms with Crippen molar-refractivity contribution in [1.82, 2.24) is 4.90 Å². The number of hydrogen-bond donors (Lipinski definition) is 1. The molecule has 2 heteroatoms. The summed E-state index contributed by atoms with van der Waals surface area (Å²) in [5.74, 6) is 0. The molecule has 0 rings (SSSR count). The summed E-state index contributed by atoms with van der Waals surface area (Å²) in [6.07, 6.45) is 2.96. The van der Waals surface area contributed by atoms with E-state index >= 15 is 0 Å². The average molecular weight is 142 g/mol. The summed E-state index contributed by atoms with van der Waals surface area (Å²) in [5.41, 5.74) is 5.58. The lowest BCUT2D eigenvalue weighted by Crippen LogP contribution is -2.26. The highest BCUT2D eigenvalue weighted by molar-refractivity contribution is 4.71. The van der Waals surface area contributed by atoms with Gasteiger partial charge in [-0.05, 0) is 26.9 Å². The van der Waals surface area contributed by atoms with Crippen LogP contribution in [-0.2, 0) is 0 Å². The van der Waals surface area contributed by atoms with Crippen molar-refractivity contribution < 1.29 is 0 Å². The lowest BCUT2D eigenvalue weighted by molar-refractivity contribution is 0.353. The monoisotopic (exact) mass is 142 g/mol. The molecule has 0 aliphatic heterocycles. The van der Waals surface area contributed by atoms with Crippen molar-refractivity contribution in [3.8, 4) is 0 Å². The van der Waals surface area contributed by atoms with Crippen molar-refractivity contribution in [2.24, 2.45) is 5.73 Å². The Hall–Kier alpha value is -0.340. The van der Waals surface area contributed by atoms with Crippen molar-refractivity contribution in [2.45, 2.75) is 19.4 Å². The molecular weight excluding hydrogens is 124 g/mol. The van der Waals surface area contributed by atoms with Crippen LogP contribution in [0.4, 0.5) is 0 Å². The summed E-state index contributed by atoms with van der Waals surface area (Å²) in [6, 6.07) is 0.312. The van der Waals surface area contributed by atoms with Gasteiger partial charge in [0.15, 0.2) is 0 Å². The fourth-order valence-electron chi connectivity index (χ4n) is 0.736. The van der Waals surface area contributed by atoms with Gasteiger partial charge in [-0.1, -0.05) is 6.08 Å². The summed E-state index contributed by atoms with van der Waals surface area (Å²) in [7, 11) is 2.07. The minimum atomic E-state index is 0.312. The summed E-state index contributed by atoms with van der Waals surface area (Å²) >= 11 is 0. The lowest BCUT2D eigenvalue weighted by atomic mass is 10.2. The molecule has 0 aromatic heterocycles. The molecule has 2 nitrogen and oxygen atoms in total. The van der Waals surface area contributed by atoms with E-state index in [2.05, 4.69) is 18.5 Å². The van der Waals surface area contributed by atoms with Crippen LogP contribution in [0.25, 0.3) is 0 Å². The zero-order chi connectivity index (χ0) is 7.98. The molecule has 0 heterocycles. The highest BCUT2D eigenvalue weighted by atomic mass is 15.1. The maximum Gasteiger partial charge on any atom is 0.0157 e. The highest BCUT2D eigenvalue weighted by Crippen LogP contribution is 1.90. The number of likely N-dealkylation sites (N-methyl/N-ethyl adjacent to an activating group) is 1. The van der Waals surface area contributed by atoms with Crippen molar-refractivity contribution in [1.29, 1.82) is 0 Å². The van der Waals surface area contributed by atoms with Gasteiger partial charge in [0.1, 0.15) is 0 Å².